The quantitative estimate of drug-likeness (QED) is 0.579. The van der Waals surface area contributed by atoms with Crippen molar-refractivity contribution >= 4 is 27.5 Å². The molecule has 6 nitrogen and oxygen atoms in total. The second-order valence-electron chi connectivity index (χ2n) is 7.57. The van der Waals surface area contributed by atoms with Gasteiger partial charge in [0.15, 0.2) is 0 Å². The predicted octanol–water partition coefficient (Wildman–Crippen LogP) is 4.76. The van der Waals surface area contributed by atoms with Crippen molar-refractivity contribution in [3.05, 3.63) is 64.2 Å². The number of benzene rings is 2. The number of carbonyl (C=O) groups excluding carboxylic acids is 1. The predicted molar refractivity (Wildman–Crippen MR) is 116 cm³/mol. The van der Waals surface area contributed by atoms with Crippen molar-refractivity contribution in [1.29, 1.82) is 0 Å². The van der Waals surface area contributed by atoms with Crippen LogP contribution in [0.2, 0.25) is 0 Å². The molecule has 1 saturated heterocycles. The lowest BCUT2D eigenvalue weighted by atomic mass is 9.98. The summed E-state index contributed by atoms with van der Waals surface area (Å²) in [6.45, 7) is 3.79. The Morgan fingerprint density at radius 3 is 3.00 bits per heavy atom. The van der Waals surface area contributed by atoms with Gasteiger partial charge in [-0.15, -0.1) is 0 Å². The summed E-state index contributed by atoms with van der Waals surface area (Å²) in [4.78, 5) is 19.1. The van der Waals surface area contributed by atoms with E-state index in [9.17, 15) is 9.18 Å². The first-order valence-electron chi connectivity index (χ1n) is 9.86. The van der Waals surface area contributed by atoms with Crippen molar-refractivity contribution in [2.45, 2.75) is 25.7 Å². The summed E-state index contributed by atoms with van der Waals surface area (Å²) in [5.41, 5.74) is 2.47. The lowest BCUT2D eigenvalue weighted by Crippen LogP contribution is -2.39. The Morgan fingerprint density at radius 1 is 1.33 bits per heavy atom. The number of nitrogens with one attached hydrogen (secondary N) is 1. The molecule has 1 aliphatic rings. The van der Waals surface area contributed by atoms with Gasteiger partial charge >= 0.3 is 0 Å². The van der Waals surface area contributed by atoms with Crippen LogP contribution in [0.5, 0.6) is 0 Å². The van der Waals surface area contributed by atoms with E-state index in [1.165, 1.54) is 12.1 Å². The fourth-order valence-corrected chi connectivity index (χ4v) is 4.25. The molecule has 1 amide bonds. The van der Waals surface area contributed by atoms with Crippen molar-refractivity contribution in [1.82, 2.24) is 15.0 Å². The van der Waals surface area contributed by atoms with Crippen molar-refractivity contribution in [3.63, 3.8) is 0 Å². The van der Waals surface area contributed by atoms with E-state index in [-0.39, 0.29) is 17.6 Å². The molecular formula is C22H22BrFN4O2. The minimum absolute atomic E-state index is 0.0486. The number of amides is 1. The number of hydrogen-bond donors (Lipinski definition) is 1. The fourth-order valence-electron chi connectivity index (χ4n) is 3.66. The number of likely N-dealkylation sites (tertiary alicyclic amines) is 1. The minimum atomic E-state index is -0.339. The van der Waals surface area contributed by atoms with Gasteiger partial charge in [-0.1, -0.05) is 23.4 Å². The number of nitrogens with zero attached hydrogens (tertiary/aromatic N) is 3. The first-order valence-corrected chi connectivity index (χ1v) is 10.6. The van der Waals surface area contributed by atoms with E-state index in [0.717, 1.165) is 35.1 Å². The highest BCUT2D eigenvalue weighted by Gasteiger charge is 2.27. The van der Waals surface area contributed by atoms with Gasteiger partial charge in [0.05, 0.1) is 18.2 Å². The summed E-state index contributed by atoms with van der Waals surface area (Å²) in [5, 5.41) is 6.96. The highest BCUT2D eigenvalue weighted by atomic mass is 79.9. The maximum atomic E-state index is 13.5. The molecule has 30 heavy (non-hydrogen) atoms. The zero-order chi connectivity index (χ0) is 21.1. The minimum Gasteiger partial charge on any atom is -0.339 e. The van der Waals surface area contributed by atoms with Crippen LogP contribution < -0.4 is 5.32 Å². The Hall–Kier alpha value is -2.58. The Morgan fingerprint density at radius 2 is 2.20 bits per heavy atom. The number of halogens is 2. The number of anilines is 1. The van der Waals surface area contributed by atoms with E-state index in [1.54, 1.807) is 12.1 Å². The molecule has 3 aromatic rings. The smallest absolute Gasteiger partial charge is 0.238 e. The third-order valence-corrected chi connectivity index (χ3v) is 5.80. The van der Waals surface area contributed by atoms with E-state index in [0.29, 0.717) is 30.4 Å². The number of hydrogen-bond acceptors (Lipinski definition) is 5. The van der Waals surface area contributed by atoms with Gasteiger partial charge < -0.3 is 9.84 Å². The van der Waals surface area contributed by atoms with Gasteiger partial charge in [0.1, 0.15) is 5.82 Å². The summed E-state index contributed by atoms with van der Waals surface area (Å²) in [5.74, 6) is 0.553. The third kappa shape index (κ3) is 4.94. The molecule has 0 saturated carbocycles. The molecular weight excluding hydrogens is 451 g/mol. The lowest BCUT2D eigenvalue weighted by molar-refractivity contribution is -0.117. The normalized spacial score (nSPS) is 17.1. The summed E-state index contributed by atoms with van der Waals surface area (Å²) in [6.07, 6.45) is 1.84. The molecule has 1 unspecified atom stereocenters. The van der Waals surface area contributed by atoms with Gasteiger partial charge in [0.2, 0.25) is 17.6 Å². The Kier molecular flexibility index (Phi) is 6.24. The third-order valence-electron chi connectivity index (χ3n) is 5.15. The van der Waals surface area contributed by atoms with Crippen LogP contribution in [0, 0.1) is 12.7 Å². The second-order valence-corrected chi connectivity index (χ2v) is 8.43. The first kappa shape index (κ1) is 20.7. The zero-order valence-electron chi connectivity index (χ0n) is 16.6. The monoisotopic (exact) mass is 472 g/mol. The maximum absolute atomic E-state index is 13.5. The van der Waals surface area contributed by atoms with Crippen LogP contribution in [0.3, 0.4) is 0 Å². The molecule has 0 aliphatic carbocycles. The van der Waals surface area contributed by atoms with Gasteiger partial charge in [-0.05, 0) is 72.1 Å². The van der Waals surface area contributed by atoms with Crippen molar-refractivity contribution in [2.24, 2.45) is 0 Å². The molecule has 1 fully saturated rings. The van der Waals surface area contributed by atoms with Crippen LogP contribution >= 0.6 is 15.9 Å². The molecule has 1 N–H and O–H groups in total. The molecule has 0 bridgehead atoms. The topological polar surface area (TPSA) is 71.3 Å². The fraction of sp³-hybridized carbons (Fsp3) is 0.318. The largest absolute Gasteiger partial charge is 0.339 e. The Bertz CT molecular complexity index is 1060. The maximum Gasteiger partial charge on any atom is 0.238 e. The molecule has 1 aliphatic heterocycles. The van der Waals surface area contributed by atoms with E-state index < -0.39 is 0 Å². The lowest BCUT2D eigenvalue weighted by Gasteiger charge is -2.30. The molecule has 2 aromatic carbocycles. The van der Waals surface area contributed by atoms with E-state index in [2.05, 4.69) is 36.3 Å². The second kappa shape index (κ2) is 9.06. The SMILES string of the molecule is Cc1ccc(NC(=O)CN2CCCC(c3nc(-c4cccc(F)c4)no3)C2)c(Br)c1. The summed E-state index contributed by atoms with van der Waals surface area (Å²) in [7, 11) is 0. The summed E-state index contributed by atoms with van der Waals surface area (Å²) < 4.78 is 19.8. The molecule has 0 spiro atoms. The Labute approximate surface area is 182 Å². The number of aryl methyl sites for hydroxylation is 1. The van der Waals surface area contributed by atoms with Gasteiger partial charge in [-0.25, -0.2) is 4.39 Å². The molecule has 1 aromatic heterocycles. The number of carbonyl (C=O) groups is 1. The van der Waals surface area contributed by atoms with Crippen molar-refractivity contribution in [2.75, 3.05) is 25.0 Å². The number of rotatable bonds is 5. The van der Waals surface area contributed by atoms with Crippen LogP contribution in [0.25, 0.3) is 11.4 Å². The van der Waals surface area contributed by atoms with Crippen molar-refractivity contribution in [3.8, 4) is 11.4 Å². The molecule has 1 atom stereocenters. The molecule has 2 heterocycles. The van der Waals surface area contributed by atoms with Crippen LogP contribution in [0.1, 0.15) is 30.2 Å². The first-order chi connectivity index (χ1) is 14.5. The summed E-state index contributed by atoms with van der Waals surface area (Å²) in [6, 6.07) is 12.0. The van der Waals surface area contributed by atoms with Gasteiger partial charge in [0.25, 0.3) is 0 Å². The Balaban J connectivity index is 1.38. The summed E-state index contributed by atoms with van der Waals surface area (Å²) >= 11 is 3.49. The van der Waals surface area contributed by atoms with Crippen LogP contribution in [0.4, 0.5) is 10.1 Å². The molecule has 156 valence electrons. The average molecular weight is 473 g/mol. The van der Waals surface area contributed by atoms with Crippen LogP contribution in [-0.4, -0.2) is 40.6 Å². The average Bonchev–Trinajstić information content (AvgIpc) is 3.21. The molecule has 0 radical (unpaired) electrons. The standard InChI is InChI=1S/C22H22BrFN4O2/c1-14-7-8-19(18(23)10-14)25-20(29)13-28-9-3-5-16(12-28)22-26-21(27-30-22)15-4-2-6-17(24)11-15/h2,4,6-8,10-11,16H,3,5,9,12-13H2,1H3,(H,25,29). The van der Waals surface area contributed by atoms with E-state index in [4.69, 9.17) is 4.52 Å². The number of piperidine rings is 1. The van der Waals surface area contributed by atoms with Crippen molar-refractivity contribution < 1.29 is 13.7 Å². The molecule has 8 heteroatoms. The number of aromatic nitrogens is 2. The molecule has 4 rings (SSSR count). The van der Waals surface area contributed by atoms with Gasteiger partial charge in [-0.2, -0.15) is 4.98 Å². The van der Waals surface area contributed by atoms with Crippen LogP contribution in [0.15, 0.2) is 51.5 Å². The van der Waals surface area contributed by atoms with Crippen LogP contribution in [-0.2, 0) is 4.79 Å². The highest BCUT2D eigenvalue weighted by Crippen LogP contribution is 2.28. The van der Waals surface area contributed by atoms with Gasteiger partial charge in [-0.3, -0.25) is 9.69 Å². The van der Waals surface area contributed by atoms with E-state index >= 15 is 0 Å². The zero-order valence-corrected chi connectivity index (χ0v) is 18.2. The van der Waals surface area contributed by atoms with E-state index in [1.807, 2.05) is 25.1 Å². The highest BCUT2D eigenvalue weighted by molar-refractivity contribution is 9.10. The van der Waals surface area contributed by atoms with Gasteiger partial charge in [0, 0.05) is 16.6 Å².